The van der Waals surface area contributed by atoms with Crippen LogP contribution < -0.4 is 10.6 Å². The van der Waals surface area contributed by atoms with Crippen molar-refractivity contribution >= 4 is 34.4 Å². The van der Waals surface area contributed by atoms with E-state index < -0.39 is 4.92 Å². The van der Waals surface area contributed by atoms with Gasteiger partial charge in [-0.05, 0) is 49.7 Å². The quantitative estimate of drug-likeness (QED) is 0.286. The van der Waals surface area contributed by atoms with Gasteiger partial charge in [-0.15, -0.1) is 0 Å². The van der Waals surface area contributed by atoms with Gasteiger partial charge in [0.05, 0.1) is 16.3 Å². The molecule has 0 fully saturated rings. The first-order chi connectivity index (χ1) is 14.1. The van der Waals surface area contributed by atoms with Crippen LogP contribution in [0.3, 0.4) is 0 Å². The van der Waals surface area contributed by atoms with E-state index >= 15 is 0 Å². The molecule has 0 aliphatic carbocycles. The minimum atomic E-state index is -0.491. The molecule has 2 N–H and O–H groups in total. The van der Waals surface area contributed by atoms with Crippen molar-refractivity contribution in [2.24, 2.45) is 10.2 Å². The summed E-state index contributed by atoms with van der Waals surface area (Å²) in [7, 11) is 0. The molecule has 29 heavy (non-hydrogen) atoms. The minimum Gasteiger partial charge on any atom is -0.362 e. The molecule has 148 valence electrons. The highest BCUT2D eigenvalue weighted by atomic mass is 16.6. The Balaban J connectivity index is 1.78. The summed E-state index contributed by atoms with van der Waals surface area (Å²) in [4.78, 5) is 19.2. The monoisotopic (exact) mass is 391 g/mol. The molecular formula is C20H21N7O2. The molecule has 0 radical (unpaired) electrons. The Labute approximate surface area is 168 Å². The number of azo groups is 1. The molecule has 0 spiro atoms. The fourth-order valence-corrected chi connectivity index (χ4v) is 2.44. The van der Waals surface area contributed by atoms with Crippen LogP contribution in [0.2, 0.25) is 0 Å². The Morgan fingerprint density at radius 3 is 2.24 bits per heavy atom. The van der Waals surface area contributed by atoms with E-state index in [0.717, 1.165) is 12.1 Å². The van der Waals surface area contributed by atoms with E-state index in [4.69, 9.17) is 0 Å². The minimum absolute atomic E-state index is 0.0470. The zero-order valence-electron chi connectivity index (χ0n) is 16.1. The maximum absolute atomic E-state index is 11.6. The molecule has 1 aromatic heterocycles. The summed E-state index contributed by atoms with van der Waals surface area (Å²) in [5.41, 5.74) is 1.86. The van der Waals surface area contributed by atoms with Gasteiger partial charge in [0.1, 0.15) is 6.33 Å². The zero-order chi connectivity index (χ0) is 20.6. The molecule has 2 aromatic carbocycles. The van der Waals surface area contributed by atoms with E-state index in [1.165, 1.54) is 6.33 Å². The molecule has 0 amide bonds. The Kier molecular flexibility index (Phi) is 6.41. The van der Waals surface area contributed by atoms with Crippen LogP contribution in [0.1, 0.15) is 20.3 Å². The van der Waals surface area contributed by atoms with Crippen LogP contribution in [-0.2, 0) is 0 Å². The average molecular weight is 391 g/mol. The second-order valence-electron chi connectivity index (χ2n) is 6.34. The van der Waals surface area contributed by atoms with Crippen molar-refractivity contribution in [2.45, 2.75) is 26.3 Å². The van der Waals surface area contributed by atoms with Crippen LogP contribution in [0.5, 0.6) is 0 Å². The van der Waals surface area contributed by atoms with Gasteiger partial charge in [0.15, 0.2) is 0 Å². The van der Waals surface area contributed by atoms with E-state index in [0.29, 0.717) is 11.4 Å². The lowest BCUT2D eigenvalue weighted by molar-refractivity contribution is -0.383. The Morgan fingerprint density at radius 1 is 1.00 bits per heavy atom. The predicted molar refractivity (Wildman–Crippen MR) is 112 cm³/mol. The maximum Gasteiger partial charge on any atom is 0.353 e. The standard InChI is InChI=1S/C20H21N7O2/c1-3-14(2)23-19-18(27(28)29)20(22-13-21-19)24-15-9-11-17(12-10-15)26-25-16-7-5-4-6-8-16/h4-14H,3H2,1-2H3,(H2,21,22,23,24). The topological polar surface area (TPSA) is 118 Å². The summed E-state index contributed by atoms with van der Waals surface area (Å²) in [6.07, 6.45) is 2.10. The SMILES string of the molecule is CCC(C)Nc1ncnc(Nc2ccc(N=Nc3ccccc3)cc2)c1[N+](=O)[O-]. The summed E-state index contributed by atoms with van der Waals surface area (Å²) < 4.78 is 0. The third-order valence-electron chi connectivity index (χ3n) is 4.17. The molecule has 1 atom stereocenters. The summed E-state index contributed by atoms with van der Waals surface area (Å²) in [6.45, 7) is 3.92. The fraction of sp³-hybridized carbons (Fsp3) is 0.200. The number of anilines is 3. The van der Waals surface area contributed by atoms with Gasteiger partial charge in [0, 0.05) is 11.7 Å². The molecule has 1 unspecified atom stereocenters. The second-order valence-corrected chi connectivity index (χ2v) is 6.34. The number of hydrogen-bond donors (Lipinski definition) is 2. The van der Waals surface area contributed by atoms with Crippen molar-refractivity contribution in [1.82, 2.24) is 9.97 Å². The van der Waals surface area contributed by atoms with Gasteiger partial charge in [0.2, 0.25) is 11.6 Å². The van der Waals surface area contributed by atoms with Crippen LogP contribution in [0.4, 0.5) is 34.4 Å². The zero-order valence-corrected chi connectivity index (χ0v) is 16.1. The lowest BCUT2D eigenvalue weighted by Gasteiger charge is -2.13. The Hall–Kier alpha value is -3.88. The molecule has 0 saturated heterocycles. The maximum atomic E-state index is 11.6. The summed E-state index contributed by atoms with van der Waals surface area (Å²) in [5.74, 6) is 0.310. The highest BCUT2D eigenvalue weighted by Crippen LogP contribution is 2.32. The van der Waals surface area contributed by atoms with Gasteiger partial charge in [-0.25, -0.2) is 9.97 Å². The van der Waals surface area contributed by atoms with Crippen LogP contribution in [0.25, 0.3) is 0 Å². The first-order valence-electron chi connectivity index (χ1n) is 9.16. The van der Waals surface area contributed by atoms with E-state index in [1.807, 2.05) is 44.2 Å². The number of benzene rings is 2. The predicted octanol–water partition coefficient (Wildman–Crippen LogP) is 5.75. The third kappa shape index (κ3) is 5.32. The van der Waals surface area contributed by atoms with E-state index in [2.05, 4.69) is 30.8 Å². The van der Waals surface area contributed by atoms with Crippen molar-refractivity contribution in [3.8, 4) is 0 Å². The highest BCUT2D eigenvalue weighted by molar-refractivity contribution is 5.74. The van der Waals surface area contributed by atoms with Crippen molar-refractivity contribution < 1.29 is 4.92 Å². The lowest BCUT2D eigenvalue weighted by Crippen LogP contribution is -2.16. The van der Waals surface area contributed by atoms with Gasteiger partial charge in [0.25, 0.3) is 0 Å². The molecule has 9 heteroatoms. The first-order valence-corrected chi connectivity index (χ1v) is 9.16. The molecule has 0 bridgehead atoms. The number of rotatable bonds is 8. The van der Waals surface area contributed by atoms with Crippen LogP contribution in [0.15, 0.2) is 71.2 Å². The van der Waals surface area contributed by atoms with Crippen molar-refractivity contribution in [2.75, 3.05) is 10.6 Å². The number of nitro groups is 1. The van der Waals surface area contributed by atoms with E-state index in [1.54, 1.807) is 24.3 Å². The molecule has 0 saturated carbocycles. The molecule has 0 aliphatic heterocycles. The number of nitrogens with zero attached hydrogens (tertiary/aromatic N) is 5. The average Bonchev–Trinajstić information content (AvgIpc) is 2.74. The molecule has 0 aliphatic rings. The lowest BCUT2D eigenvalue weighted by atomic mass is 10.2. The Bertz CT molecular complexity index is 991. The Morgan fingerprint density at radius 2 is 1.62 bits per heavy atom. The third-order valence-corrected chi connectivity index (χ3v) is 4.17. The van der Waals surface area contributed by atoms with E-state index in [-0.39, 0.29) is 23.4 Å². The molecular weight excluding hydrogens is 370 g/mol. The number of nitrogens with one attached hydrogen (secondary N) is 2. The number of aromatic nitrogens is 2. The largest absolute Gasteiger partial charge is 0.362 e. The second kappa shape index (κ2) is 9.36. The smallest absolute Gasteiger partial charge is 0.353 e. The van der Waals surface area contributed by atoms with Gasteiger partial charge in [-0.1, -0.05) is 25.1 Å². The summed E-state index contributed by atoms with van der Waals surface area (Å²) in [5, 5.41) is 26.0. The first kappa shape index (κ1) is 19.9. The van der Waals surface area contributed by atoms with Crippen molar-refractivity contribution in [3.63, 3.8) is 0 Å². The number of hydrogen-bond acceptors (Lipinski definition) is 8. The molecule has 3 rings (SSSR count). The van der Waals surface area contributed by atoms with Gasteiger partial charge in [-0.2, -0.15) is 10.2 Å². The van der Waals surface area contributed by atoms with Crippen molar-refractivity contribution in [3.05, 3.63) is 71.0 Å². The van der Waals surface area contributed by atoms with Crippen LogP contribution in [0, 0.1) is 10.1 Å². The molecule has 9 nitrogen and oxygen atoms in total. The highest BCUT2D eigenvalue weighted by Gasteiger charge is 2.23. The van der Waals surface area contributed by atoms with E-state index in [9.17, 15) is 10.1 Å². The molecule has 3 aromatic rings. The van der Waals surface area contributed by atoms with Gasteiger partial charge < -0.3 is 10.6 Å². The fourth-order valence-electron chi connectivity index (χ4n) is 2.44. The normalized spacial score (nSPS) is 11.9. The van der Waals surface area contributed by atoms with Crippen LogP contribution >= 0.6 is 0 Å². The van der Waals surface area contributed by atoms with Gasteiger partial charge >= 0.3 is 5.69 Å². The summed E-state index contributed by atoms with van der Waals surface area (Å²) >= 11 is 0. The molecule has 1 heterocycles. The van der Waals surface area contributed by atoms with Crippen LogP contribution in [-0.4, -0.2) is 20.9 Å². The summed E-state index contributed by atoms with van der Waals surface area (Å²) in [6, 6.07) is 16.5. The van der Waals surface area contributed by atoms with Crippen molar-refractivity contribution in [1.29, 1.82) is 0 Å². The van der Waals surface area contributed by atoms with Gasteiger partial charge in [-0.3, -0.25) is 10.1 Å².